The number of Topliss-reactive ketones (excluding diaryl/α,β-unsaturated/α-hetero) is 1. The van der Waals surface area contributed by atoms with Gasteiger partial charge in [-0.1, -0.05) is 18.2 Å². The zero-order chi connectivity index (χ0) is 23.5. The van der Waals surface area contributed by atoms with Crippen LogP contribution in [0.25, 0.3) is 5.76 Å². The van der Waals surface area contributed by atoms with E-state index in [-0.39, 0.29) is 23.6 Å². The number of benzene rings is 2. The molecule has 8 nitrogen and oxygen atoms in total. The molecule has 1 atom stereocenters. The fourth-order valence-corrected chi connectivity index (χ4v) is 3.87. The van der Waals surface area contributed by atoms with Gasteiger partial charge in [0.2, 0.25) is 0 Å². The van der Waals surface area contributed by atoms with E-state index in [2.05, 4.69) is 4.98 Å². The number of nitrogens with zero attached hydrogens (tertiary/aromatic N) is 2. The smallest absolute Gasteiger partial charge is 0.295 e. The molecule has 1 aromatic heterocycles. The maximum absolute atomic E-state index is 13.1. The molecule has 0 aliphatic carbocycles. The summed E-state index contributed by atoms with van der Waals surface area (Å²) in [6.07, 6.45) is 3.23. The van der Waals surface area contributed by atoms with Crippen molar-refractivity contribution in [2.75, 3.05) is 14.2 Å². The van der Waals surface area contributed by atoms with Crippen molar-refractivity contribution in [2.45, 2.75) is 12.6 Å². The van der Waals surface area contributed by atoms with Crippen molar-refractivity contribution in [3.05, 3.63) is 89.3 Å². The number of carbonyl (C=O) groups excluding carboxylic acids is 2. The Labute approximate surface area is 190 Å². The first-order valence-corrected chi connectivity index (χ1v) is 10.1. The van der Waals surface area contributed by atoms with Crippen molar-refractivity contribution in [1.82, 2.24) is 9.88 Å². The zero-order valence-electron chi connectivity index (χ0n) is 18.1. The van der Waals surface area contributed by atoms with Crippen molar-refractivity contribution in [1.29, 1.82) is 0 Å². The number of amides is 1. The van der Waals surface area contributed by atoms with Crippen LogP contribution < -0.4 is 9.47 Å². The molecule has 3 aromatic rings. The van der Waals surface area contributed by atoms with Crippen molar-refractivity contribution in [3.8, 4) is 17.2 Å². The Hall–Kier alpha value is -4.33. The number of phenols is 1. The first kappa shape index (κ1) is 21.9. The molecule has 0 bridgehead atoms. The standard InChI is InChI=1S/C25H22N2O6/c1-32-19-10-7-17(12-20(19)33-2)23(29)21-22(16-5-8-18(28)9-6-16)27(25(31)24(21)30)14-15-4-3-11-26-13-15/h3-13,22,28-29H,14H2,1-2H3/b23-21-. The third-order valence-corrected chi connectivity index (χ3v) is 5.48. The van der Waals surface area contributed by atoms with Gasteiger partial charge in [-0.25, -0.2) is 0 Å². The molecular weight excluding hydrogens is 424 g/mol. The topological polar surface area (TPSA) is 109 Å². The predicted octanol–water partition coefficient (Wildman–Crippen LogP) is 3.43. The van der Waals surface area contributed by atoms with Crippen LogP contribution in [-0.2, 0) is 16.1 Å². The Kier molecular flexibility index (Phi) is 5.99. The number of ketones is 1. The predicted molar refractivity (Wildman–Crippen MR) is 120 cm³/mol. The lowest BCUT2D eigenvalue weighted by Crippen LogP contribution is -2.29. The fourth-order valence-electron chi connectivity index (χ4n) is 3.87. The van der Waals surface area contributed by atoms with Crippen LogP contribution in [0.5, 0.6) is 17.2 Å². The average Bonchev–Trinajstić information content (AvgIpc) is 3.09. The first-order valence-electron chi connectivity index (χ1n) is 10.1. The second-order valence-electron chi connectivity index (χ2n) is 7.45. The maximum atomic E-state index is 13.1. The summed E-state index contributed by atoms with van der Waals surface area (Å²) in [5.41, 5.74) is 1.55. The normalized spacial score (nSPS) is 17.3. The van der Waals surface area contributed by atoms with Gasteiger partial charge in [-0.3, -0.25) is 14.6 Å². The molecule has 1 amide bonds. The molecule has 0 radical (unpaired) electrons. The number of aliphatic hydroxyl groups is 1. The quantitative estimate of drug-likeness (QED) is 0.339. The summed E-state index contributed by atoms with van der Waals surface area (Å²) >= 11 is 0. The highest BCUT2D eigenvalue weighted by atomic mass is 16.5. The van der Waals surface area contributed by atoms with E-state index in [0.29, 0.717) is 22.6 Å². The number of hydrogen-bond acceptors (Lipinski definition) is 7. The molecule has 33 heavy (non-hydrogen) atoms. The minimum absolute atomic E-state index is 0.0443. The van der Waals surface area contributed by atoms with E-state index in [0.717, 1.165) is 5.56 Å². The van der Waals surface area contributed by atoms with Gasteiger partial charge in [0.25, 0.3) is 11.7 Å². The molecule has 168 valence electrons. The monoisotopic (exact) mass is 446 g/mol. The van der Waals surface area contributed by atoms with Crippen molar-refractivity contribution in [2.24, 2.45) is 0 Å². The van der Waals surface area contributed by atoms with Crippen LogP contribution in [0.15, 0.2) is 72.6 Å². The van der Waals surface area contributed by atoms with Gasteiger partial charge in [0, 0.05) is 24.5 Å². The summed E-state index contributed by atoms with van der Waals surface area (Å²) < 4.78 is 10.5. The maximum Gasteiger partial charge on any atom is 0.295 e. The highest BCUT2D eigenvalue weighted by Crippen LogP contribution is 2.41. The number of hydrogen-bond donors (Lipinski definition) is 2. The number of ether oxygens (including phenoxy) is 2. The number of likely N-dealkylation sites (tertiary alicyclic amines) is 1. The van der Waals surface area contributed by atoms with Gasteiger partial charge in [-0.15, -0.1) is 0 Å². The van der Waals surface area contributed by atoms with E-state index >= 15 is 0 Å². The Morgan fingerprint density at radius 3 is 2.39 bits per heavy atom. The number of rotatable bonds is 6. The van der Waals surface area contributed by atoms with E-state index in [1.165, 1.54) is 37.3 Å². The Balaban J connectivity index is 1.86. The van der Waals surface area contributed by atoms with E-state index in [1.807, 2.05) is 0 Å². The van der Waals surface area contributed by atoms with Gasteiger partial charge >= 0.3 is 0 Å². The van der Waals surface area contributed by atoms with Crippen LogP contribution in [0.3, 0.4) is 0 Å². The summed E-state index contributed by atoms with van der Waals surface area (Å²) in [6, 6.07) is 13.6. The summed E-state index contributed by atoms with van der Waals surface area (Å²) in [7, 11) is 2.96. The third kappa shape index (κ3) is 4.10. The van der Waals surface area contributed by atoms with Crippen molar-refractivity contribution in [3.63, 3.8) is 0 Å². The number of phenolic OH excluding ortho intramolecular Hbond substituents is 1. The number of carbonyl (C=O) groups is 2. The minimum Gasteiger partial charge on any atom is -0.508 e. The van der Waals surface area contributed by atoms with Gasteiger partial charge < -0.3 is 24.6 Å². The van der Waals surface area contributed by atoms with E-state index in [4.69, 9.17) is 9.47 Å². The lowest BCUT2D eigenvalue weighted by molar-refractivity contribution is -0.140. The molecule has 2 aromatic carbocycles. The SMILES string of the molecule is COc1ccc(/C(O)=C2/C(=O)C(=O)N(Cc3cccnc3)C2c2ccc(O)cc2)cc1OC. The van der Waals surface area contributed by atoms with Crippen molar-refractivity contribution < 1.29 is 29.3 Å². The first-order chi connectivity index (χ1) is 15.9. The molecule has 0 spiro atoms. The molecule has 8 heteroatoms. The second-order valence-corrected chi connectivity index (χ2v) is 7.45. The van der Waals surface area contributed by atoms with Crippen LogP contribution in [0.1, 0.15) is 22.7 Å². The average molecular weight is 446 g/mol. The highest BCUT2D eigenvalue weighted by Gasteiger charge is 2.46. The summed E-state index contributed by atoms with van der Waals surface area (Å²) in [4.78, 5) is 31.6. The summed E-state index contributed by atoms with van der Waals surface area (Å²) in [6.45, 7) is 0.118. The molecule has 2 heterocycles. The van der Waals surface area contributed by atoms with Crippen LogP contribution >= 0.6 is 0 Å². The molecule has 0 saturated carbocycles. The van der Waals surface area contributed by atoms with Crippen LogP contribution in [0, 0.1) is 0 Å². The van der Waals surface area contributed by atoms with Gasteiger partial charge in [0.1, 0.15) is 11.5 Å². The van der Waals surface area contributed by atoms with Gasteiger partial charge in [0.05, 0.1) is 25.8 Å². The van der Waals surface area contributed by atoms with E-state index in [1.54, 1.807) is 48.8 Å². The molecule has 2 N–H and O–H groups in total. The number of methoxy groups -OCH3 is 2. The third-order valence-electron chi connectivity index (χ3n) is 5.48. The molecule has 1 aliphatic heterocycles. The number of aromatic nitrogens is 1. The Morgan fingerprint density at radius 2 is 1.76 bits per heavy atom. The highest BCUT2D eigenvalue weighted by molar-refractivity contribution is 6.46. The minimum atomic E-state index is -0.862. The van der Waals surface area contributed by atoms with Gasteiger partial charge in [0.15, 0.2) is 11.5 Å². The van der Waals surface area contributed by atoms with E-state index < -0.39 is 17.7 Å². The molecule has 4 rings (SSSR count). The molecule has 1 fully saturated rings. The zero-order valence-corrected chi connectivity index (χ0v) is 18.1. The van der Waals surface area contributed by atoms with Gasteiger partial charge in [-0.05, 0) is 47.5 Å². The largest absolute Gasteiger partial charge is 0.508 e. The number of aromatic hydroxyl groups is 1. The molecular formula is C25H22N2O6. The lowest BCUT2D eigenvalue weighted by atomic mass is 9.95. The lowest BCUT2D eigenvalue weighted by Gasteiger charge is -2.25. The van der Waals surface area contributed by atoms with E-state index in [9.17, 15) is 19.8 Å². The second kappa shape index (κ2) is 9.04. The summed E-state index contributed by atoms with van der Waals surface area (Å²) in [5, 5.41) is 20.9. The summed E-state index contributed by atoms with van der Waals surface area (Å²) in [5.74, 6) is -0.999. The molecule has 1 aliphatic rings. The van der Waals surface area contributed by atoms with Crippen molar-refractivity contribution >= 4 is 17.4 Å². The Morgan fingerprint density at radius 1 is 1.03 bits per heavy atom. The van der Waals surface area contributed by atoms with Gasteiger partial charge in [-0.2, -0.15) is 0 Å². The number of pyridine rings is 1. The molecule has 1 unspecified atom stereocenters. The molecule has 1 saturated heterocycles. The Bertz CT molecular complexity index is 1220. The number of aliphatic hydroxyl groups excluding tert-OH is 1. The van der Waals surface area contributed by atoms with Crippen LogP contribution in [0.4, 0.5) is 0 Å². The van der Waals surface area contributed by atoms with Crippen LogP contribution in [-0.4, -0.2) is 46.0 Å². The fraction of sp³-hybridized carbons (Fsp3) is 0.160. The van der Waals surface area contributed by atoms with Crippen LogP contribution in [0.2, 0.25) is 0 Å².